The minimum Gasteiger partial charge on any atom is -0.460 e. The first-order chi connectivity index (χ1) is 12.7. The van der Waals surface area contributed by atoms with E-state index < -0.39 is 55.5 Å². The molecule has 0 amide bonds. The Hall–Kier alpha value is -0.923. The van der Waals surface area contributed by atoms with E-state index in [1.807, 2.05) is 0 Å². The van der Waals surface area contributed by atoms with E-state index in [4.69, 9.17) is 13.9 Å². The van der Waals surface area contributed by atoms with Crippen molar-refractivity contribution in [2.75, 3.05) is 0 Å². The summed E-state index contributed by atoms with van der Waals surface area (Å²) < 4.78 is 17.6. The predicted octanol–water partition coefficient (Wildman–Crippen LogP) is 4.45. The van der Waals surface area contributed by atoms with Crippen LogP contribution in [0.2, 0.25) is 18.1 Å². The number of carbonyl (C=O) groups is 2. The van der Waals surface area contributed by atoms with Gasteiger partial charge in [-0.2, -0.15) is 0 Å². The molecule has 0 radical (unpaired) electrons. The van der Waals surface area contributed by atoms with Gasteiger partial charge in [-0.25, -0.2) is 0 Å². The molecule has 4 atom stereocenters. The van der Waals surface area contributed by atoms with E-state index in [2.05, 4.69) is 33.9 Å². The summed E-state index contributed by atoms with van der Waals surface area (Å²) in [6.07, 6.45) is -0.975. The number of esters is 2. The van der Waals surface area contributed by atoms with Crippen LogP contribution in [-0.4, -0.2) is 48.8 Å². The molecule has 170 valence electrons. The van der Waals surface area contributed by atoms with Gasteiger partial charge >= 0.3 is 11.9 Å². The summed E-state index contributed by atoms with van der Waals surface area (Å²) in [6.45, 7) is 21.4. The number of carbonyl (C=O) groups excluding carboxylic acids is 2. The molecule has 0 aromatic carbocycles. The molecular formula is C22H42O6Si. The van der Waals surface area contributed by atoms with Crippen molar-refractivity contribution in [3.63, 3.8) is 0 Å². The van der Waals surface area contributed by atoms with Crippen LogP contribution in [0.15, 0.2) is 0 Å². The zero-order valence-corrected chi connectivity index (χ0v) is 21.2. The van der Waals surface area contributed by atoms with Gasteiger partial charge in [0.1, 0.15) is 11.2 Å². The average Bonchev–Trinajstić information content (AvgIpc) is 2.43. The van der Waals surface area contributed by atoms with Gasteiger partial charge in [0.2, 0.25) is 0 Å². The molecule has 0 bridgehead atoms. The van der Waals surface area contributed by atoms with Crippen molar-refractivity contribution in [3.05, 3.63) is 0 Å². The molecule has 0 aliphatic heterocycles. The van der Waals surface area contributed by atoms with Crippen LogP contribution in [0, 0.1) is 11.8 Å². The fraction of sp³-hybridized carbons (Fsp3) is 0.909. The summed E-state index contributed by atoms with van der Waals surface area (Å²) in [7, 11) is -2.16. The highest BCUT2D eigenvalue weighted by molar-refractivity contribution is 6.74. The maximum atomic E-state index is 13.0. The van der Waals surface area contributed by atoms with E-state index in [1.165, 1.54) is 0 Å². The Morgan fingerprint density at radius 3 is 1.52 bits per heavy atom. The van der Waals surface area contributed by atoms with Gasteiger partial charge in [-0.3, -0.25) is 9.59 Å². The van der Waals surface area contributed by atoms with Crippen molar-refractivity contribution < 1.29 is 28.6 Å². The van der Waals surface area contributed by atoms with Crippen molar-refractivity contribution in [1.82, 2.24) is 0 Å². The quantitative estimate of drug-likeness (QED) is 0.524. The van der Waals surface area contributed by atoms with Crippen LogP contribution in [-0.2, 0) is 23.5 Å². The number of hydrogen-bond donors (Lipinski definition) is 1. The third kappa shape index (κ3) is 7.68. The number of rotatable bonds is 4. The van der Waals surface area contributed by atoms with Crippen molar-refractivity contribution in [2.24, 2.45) is 11.8 Å². The summed E-state index contributed by atoms with van der Waals surface area (Å²) in [5, 5.41) is 10.8. The van der Waals surface area contributed by atoms with Gasteiger partial charge in [0, 0.05) is 0 Å². The maximum Gasteiger partial charge on any atom is 0.310 e. The Bertz CT molecular complexity index is 594. The Labute approximate surface area is 177 Å². The van der Waals surface area contributed by atoms with Gasteiger partial charge < -0.3 is 19.0 Å². The van der Waals surface area contributed by atoms with Crippen LogP contribution in [0.4, 0.5) is 0 Å². The lowest BCUT2D eigenvalue weighted by molar-refractivity contribution is -0.181. The van der Waals surface area contributed by atoms with Crippen LogP contribution >= 0.6 is 0 Å². The molecule has 29 heavy (non-hydrogen) atoms. The minimum atomic E-state index is -2.16. The molecular weight excluding hydrogens is 388 g/mol. The van der Waals surface area contributed by atoms with Gasteiger partial charge in [0.15, 0.2) is 8.32 Å². The third-order valence-corrected chi connectivity index (χ3v) is 10.1. The minimum absolute atomic E-state index is 0.0316. The highest BCUT2D eigenvalue weighted by Crippen LogP contribution is 2.42. The molecule has 1 aliphatic carbocycles. The average molecular weight is 431 g/mol. The topological polar surface area (TPSA) is 82.1 Å². The smallest absolute Gasteiger partial charge is 0.310 e. The van der Waals surface area contributed by atoms with E-state index >= 15 is 0 Å². The largest absolute Gasteiger partial charge is 0.460 e. The van der Waals surface area contributed by atoms with Crippen molar-refractivity contribution in [2.45, 2.75) is 117 Å². The monoisotopic (exact) mass is 430 g/mol. The fourth-order valence-electron chi connectivity index (χ4n) is 3.11. The SMILES string of the molecule is CC(C)(C)OC(=O)[C@H]1C[C@H](O)[C@H](O[Si](C)(C)C(C)(C)C)C[C@@H]1C(=O)OC(C)(C)C. The number of aliphatic hydroxyl groups excluding tert-OH is 1. The van der Waals surface area contributed by atoms with Crippen molar-refractivity contribution in [3.8, 4) is 0 Å². The van der Waals surface area contributed by atoms with E-state index in [1.54, 1.807) is 41.5 Å². The van der Waals surface area contributed by atoms with Crippen LogP contribution in [0.25, 0.3) is 0 Å². The zero-order valence-electron chi connectivity index (χ0n) is 20.2. The van der Waals surface area contributed by atoms with Gasteiger partial charge in [-0.05, 0) is 72.5 Å². The molecule has 1 saturated carbocycles. The molecule has 1 N–H and O–H groups in total. The maximum absolute atomic E-state index is 13.0. The summed E-state index contributed by atoms with van der Waals surface area (Å²) >= 11 is 0. The highest BCUT2D eigenvalue weighted by atomic mass is 28.4. The van der Waals surface area contributed by atoms with E-state index in [0.29, 0.717) is 0 Å². The van der Waals surface area contributed by atoms with Gasteiger partial charge in [-0.15, -0.1) is 0 Å². The predicted molar refractivity (Wildman–Crippen MR) is 116 cm³/mol. The highest BCUT2D eigenvalue weighted by Gasteiger charge is 2.49. The van der Waals surface area contributed by atoms with Crippen LogP contribution in [0.1, 0.15) is 75.2 Å². The van der Waals surface area contributed by atoms with E-state index in [9.17, 15) is 14.7 Å². The van der Waals surface area contributed by atoms with E-state index in [-0.39, 0.29) is 17.9 Å². The lowest BCUT2D eigenvalue weighted by Gasteiger charge is -2.44. The van der Waals surface area contributed by atoms with Crippen LogP contribution in [0.3, 0.4) is 0 Å². The van der Waals surface area contributed by atoms with Gasteiger partial charge in [-0.1, -0.05) is 20.8 Å². The fourth-order valence-corrected chi connectivity index (χ4v) is 4.47. The zero-order chi connectivity index (χ0) is 23.0. The molecule has 0 heterocycles. The first-order valence-corrected chi connectivity index (χ1v) is 13.5. The summed E-state index contributed by atoms with van der Waals surface area (Å²) in [5.74, 6) is -2.37. The standard InChI is InChI=1S/C22H42O6Si/c1-20(2,3)26-18(24)14-12-16(23)17(28-29(10,11)22(7,8)9)13-15(14)19(25)27-21(4,5)6/h14-17,23H,12-13H2,1-11H3/t14-,15-,16-,17+/m0/s1. The molecule has 1 rings (SSSR count). The molecule has 7 heteroatoms. The lowest BCUT2D eigenvalue weighted by atomic mass is 9.76. The summed E-state index contributed by atoms with van der Waals surface area (Å²) in [4.78, 5) is 25.8. The second-order valence-electron chi connectivity index (χ2n) is 11.7. The van der Waals surface area contributed by atoms with Crippen LogP contribution < -0.4 is 0 Å². The van der Waals surface area contributed by atoms with Gasteiger partial charge in [0.25, 0.3) is 0 Å². The second-order valence-corrected chi connectivity index (χ2v) is 16.5. The number of aliphatic hydroxyl groups is 1. The normalized spacial score (nSPS) is 26.8. The van der Waals surface area contributed by atoms with Crippen LogP contribution in [0.5, 0.6) is 0 Å². The molecule has 1 aliphatic rings. The Morgan fingerprint density at radius 2 is 1.17 bits per heavy atom. The lowest BCUT2D eigenvalue weighted by Crippen LogP contribution is -2.53. The van der Waals surface area contributed by atoms with Crippen molar-refractivity contribution >= 4 is 20.3 Å². The Balaban J connectivity index is 3.14. The van der Waals surface area contributed by atoms with Gasteiger partial charge in [0.05, 0.1) is 24.0 Å². The number of hydrogen-bond acceptors (Lipinski definition) is 6. The second kappa shape index (κ2) is 8.67. The molecule has 0 aromatic rings. The molecule has 0 unspecified atom stereocenters. The molecule has 0 spiro atoms. The van der Waals surface area contributed by atoms with Crippen molar-refractivity contribution in [1.29, 1.82) is 0 Å². The van der Waals surface area contributed by atoms with E-state index in [0.717, 1.165) is 0 Å². The first-order valence-electron chi connectivity index (χ1n) is 10.5. The first kappa shape index (κ1) is 26.1. The summed E-state index contributed by atoms with van der Waals surface area (Å²) in [6, 6.07) is 0. The molecule has 6 nitrogen and oxygen atoms in total. The third-order valence-electron chi connectivity index (χ3n) is 5.57. The number of ether oxygens (including phenoxy) is 2. The summed E-state index contributed by atoms with van der Waals surface area (Å²) in [5.41, 5.74) is -1.34. The Morgan fingerprint density at radius 1 is 0.793 bits per heavy atom. The molecule has 0 aromatic heterocycles. The molecule has 0 saturated heterocycles. The Kier molecular flexibility index (Phi) is 7.81. The molecule has 1 fully saturated rings.